The second-order valence-electron chi connectivity index (χ2n) is 8.31. The lowest BCUT2D eigenvalue weighted by atomic mass is 10.1. The van der Waals surface area contributed by atoms with E-state index in [9.17, 15) is 13.2 Å². The molecular weight excluding hydrogens is 460 g/mol. The molecule has 35 heavy (non-hydrogen) atoms. The van der Waals surface area contributed by atoms with E-state index >= 15 is 0 Å². The molecule has 4 rings (SSSR count). The number of carbonyl (C=O) groups is 1. The van der Waals surface area contributed by atoms with Crippen LogP contribution in [0.15, 0.2) is 89.8 Å². The summed E-state index contributed by atoms with van der Waals surface area (Å²) in [6.45, 7) is 4.85. The number of carbonyl (C=O) groups excluding carboxylic acids is 1. The number of sulfonamides is 1. The molecule has 0 saturated carbocycles. The Kier molecular flexibility index (Phi) is 7.02. The molecular formula is C27H28N4O3S. The Hall–Kier alpha value is -3.91. The van der Waals surface area contributed by atoms with Crippen LogP contribution in [0.2, 0.25) is 0 Å². The lowest BCUT2D eigenvalue weighted by molar-refractivity contribution is 0.0950. The number of para-hydroxylation sites is 1. The molecule has 1 heterocycles. The Bertz CT molecular complexity index is 1430. The zero-order valence-electron chi connectivity index (χ0n) is 20.0. The van der Waals surface area contributed by atoms with E-state index in [-0.39, 0.29) is 16.4 Å². The minimum atomic E-state index is -3.82. The quantitative estimate of drug-likeness (QED) is 0.401. The van der Waals surface area contributed by atoms with Gasteiger partial charge in [-0.25, -0.2) is 8.42 Å². The average Bonchev–Trinajstić information content (AvgIpc) is 3.15. The molecule has 8 heteroatoms. The molecule has 0 bridgehead atoms. The van der Waals surface area contributed by atoms with Crippen molar-refractivity contribution in [3.63, 3.8) is 0 Å². The number of nitrogens with one attached hydrogen (secondary N) is 1. The van der Waals surface area contributed by atoms with Crippen LogP contribution in [0.1, 0.15) is 32.9 Å². The third-order valence-electron chi connectivity index (χ3n) is 6.01. The summed E-state index contributed by atoms with van der Waals surface area (Å²) in [5.41, 5.74) is 4.74. The summed E-state index contributed by atoms with van der Waals surface area (Å²) in [6.07, 6.45) is 0. The molecule has 4 aromatic rings. The Morgan fingerprint density at radius 3 is 2.29 bits per heavy atom. The Morgan fingerprint density at radius 1 is 0.943 bits per heavy atom. The van der Waals surface area contributed by atoms with Crippen LogP contribution in [0.25, 0.3) is 0 Å². The predicted molar refractivity (Wildman–Crippen MR) is 137 cm³/mol. The van der Waals surface area contributed by atoms with E-state index in [0.29, 0.717) is 18.8 Å². The number of aromatic nitrogens is 2. The number of rotatable bonds is 8. The first-order valence-corrected chi connectivity index (χ1v) is 12.7. The fourth-order valence-electron chi connectivity index (χ4n) is 3.90. The topological polar surface area (TPSA) is 84.3 Å². The summed E-state index contributed by atoms with van der Waals surface area (Å²) in [4.78, 5) is 13.0. The Morgan fingerprint density at radius 2 is 1.60 bits per heavy atom. The van der Waals surface area contributed by atoms with Crippen molar-refractivity contribution in [1.29, 1.82) is 0 Å². The second kappa shape index (κ2) is 10.1. The molecule has 3 aromatic carbocycles. The van der Waals surface area contributed by atoms with Crippen LogP contribution in [0.3, 0.4) is 0 Å². The lowest BCUT2D eigenvalue weighted by Crippen LogP contribution is -2.27. The molecule has 180 valence electrons. The minimum absolute atomic E-state index is 0.0551. The second-order valence-corrected chi connectivity index (χ2v) is 10.3. The number of benzene rings is 3. The molecule has 0 unspecified atom stereocenters. The van der Waals surface area contributed by atoms with Gasteiger partial charge in [-0.15, -0.1) is 0 Å². The molecule has 0 radical (unpaired) electrons. The maximum absolute atomic E-state index is 13.1. The normalized spacial score (nSPS) is 11.3. The van der Waals surface area contributed by atoms with Crippen molar-refractivity contribution in [2.24, 2.45) is 0 Å². The van der Waals surface area contributed by atoms with Gasteiger partial charge >= 0.3 is 0 Å². The summed E-state index contributed by atoms with van der Waals surface area (Å²) in [6, 6.07) is 25.0. The van der Waals surface area contributed by atoms with Gasteiger partial charge in [0.05, 0.1) is 22.8 Å². The molecule has 0 spiro atoms. The fourth-order valence-corrected chi connectivity index (χ4v) is 5.15. The molecule has 0 aliphatic carbocycles. The highest BCUT2D eigenvalue weighted by molar-refractivity contribution is 7.92. The molecule has 1 N–H and O–H groups in total. The number of amides is 1. The lowest BCUT2D eigenvalue weighted by Gasteiger charge is -2.19. The van der Waals surface area contributed by atoms with Crippen molar-refractivity contribution in [2.75, 3.05) is 11.4 Å². The highest BCUT2D eigenvalue weighted by atomic mass is 32.2. The summed E-state index contributed by atoms with van der Waals surface area (Å²) < 4.78 is 29.4. The van der Waals surface area contributed by atoms with E-state index in [1.807, 2.05) is 54.9 Å². The SMILES string of the molecule is Cc1nn(Cc2ccccc2)c(C)c1CNC(=O)c1cccc(S(=O)(=O)N(C)c2ccccc2)c1. The first kappa shape index (κ1) is 24.2. The van der Waals surface area contributed by atoms with Crippen LogP contribution in [-0.4, -0.2) is 31.2 Å². The van der Waals surface area contributed by atoms with Crippen molar-refractivity contribution in [3.8, 4) is 0 Å². The third-order valence-corrected chi connectivity index (χ3v) is 7.79. The van der Waals surface area contributed by atoms with Crippen molar-refractivity contribution < 1.29 is 13.2 Å². The van der Waals surface area contributed by atoms with Gasteiger partial charge < -0.3 is 5.32 Å². The highest BCUT2D eigenvalue weighted by Crippen LogP contribution is 2.22. The van der Waals surface area contributed by atoms with Crippen molar-refractivity contribution in [3.05, 3.63) is 113 Å². The molecule has 0 saturated heterocycles. The van der Waals surface area contributed by atoms with Crippen molar-refractivity contribution in [2.45, 2.75) is 31.8 Å². The molecule has 0 atom stereocenters. The summed E-state index contributed by atoms with van der Waals surface area (Å²) in [5, 5.41) is 7.54. The van der Waals surface area contributed by atoms with E-state index < -0.39 is 10.0 Å². The van der Waals surface area contributed by atoms with Crippen LogP contribution in [0.5, 0.6) is 0 Å². The molecule has 1 aromatic heterocycles. The van der Waals surface area contributed by atoms with Gasteiger partial charge in [-0.3, -0.25) is 13.8 Å². The predicted octanol–water partition coefficient (Wildman–Crippen LogP) is 4.30. The van der Waals surface area contributed by atoms with E-state index in [1.165, 1.54) is 23.5 Å². The highest BCUT2D eigenvalue weighted by Gasteiger charge is 2.22. The number of hydrogen-bond acceptors (Lipinski definition) is 4. The van der Waals surface area contributed by atoms with Crippen LogP contribution >= 0.6 is 0 Å². The maximum Gasteiger partial charge on any atom is 0.264 e. The first-order chi connectivity index (χ1) is 16.8. The Labute approximate surface area is 206 Å². The largest absolute Gasteiger partial charge is 0.348 e. The van der Waals surface area contributed by atoms with Gasteiger partial charge in [0.1, 0.15) is 0 Å². The van der Waals surface area contributed by atoms with Gasteiger partial charge in [0.2, 0.25) is 0 Å². The third kappa shape index (κ3) is 5.27. The van der Waals surface area contributed by atoms with E-state index in [4.69, 9.17) is 0 Å². The van der Waals surface area contributed by atoms with Gasteiger partial charge in [-0.2, -0.15) is 5.10 Å². The Balaban J connectivity index is 1.48. The van der Waals surface area contributed by atoms with Gasteiger partial charge in [0.15, 0.2) is 0 Å². The zero-order valence-corrected chi connectivity index (χ0v) is 20.8. The number of aryl methyl sites for hydroxylation is 1. The molecule has 7 nitrogen and oxygen atoms in total. The maximum atomic E-state index is 13.1. The van der Waals surface area contributed by atoms with Gasteiger partial charge in [0, 0.05) is 30.4 Å². The smallest absolute Gasteiger partial charge is 0.264 e. The van der Waals surface area contributed by atoms with Crippen LogP contribution < -0.4 is 9.62 Å². The monoisotopic (exact) mass is 488 g/mol. The summed E-state index contributed by atoms with van der Waals surface area (Å²) >= 11 is 0. The van der Waals surface area contributed by atoms with Gasteiger partial charge in [-0.1, -0.05) is 54.6 Å². The van der Waals surface area contributed by atoms with E-state index in [2.05, 4.69) is 10.4 Å². The van der Waals surface area contributed by atoms with Crippen molar-refractivity contribution >= 4 is 21.6 Å². The van der Waals surface area contributed by atoms with E-state index in [0.717, 1.165) is 22.5 Å². The summed E-state index contributed by atoms with van der Waals surface area (Å²) in [5.74, 6) is -0.348. The minimum Gasteiger partial charge on any atom is -0.348 e. The average molecular weight is 489 g/mol. The summed E-state index contributed by atoms with van der Waals surface area (Å²) in [7, 11) is -2.32. The zero-order chi connectivity index (χ0) is 25.0. The fraction of sp³-hybridized carbons (Fsp3) is 0.185. The van der Waals surface area contributed by atoms with Gasteiger partial charge in [-0.05, 0) is 49.7 Å². The number of hydrogen-bond donors (Lipinski definition) is 1. The van der Waals surface area contributed by atoms with Crippen LogP contribution in [0.4, 0.5) is 5.69 Å². The van der Waals surface area contributed by atoms with Crippen LogP contribution in [-0.2, 0) is 23.1 Å². The number of anilines is 1. The molecule has 0 aliphatic heterocycles. The molecule has 0 aliphatic rings. The standard InChI is InChI=1S/C27H28N4O3S/c1-20-26(21(2)31(29-20)19-22-11-6-4-7-12-22)18-28-27(32)23-13-10-16-25(17-23)35(33,34)30(3)24-14-8-5-9-15-24/h4-17H,18-19H2,1-3H3,(H,28,32). The van der Waals surface area contributed by atoms with E-state index in [1.54, 1.807) is 36.4 Å². The molecule has 1 amide bonds. The first-order valence-electron chi connectivity index (χ1n) is 11.3. The van der Waals surface area contributed by atoms with Crippen molar-refractivity contribution in [1.82, 2.24) is 15.1 Å². The van der Waals surface area contributed by atoms with Gasteiger partial charge in [0.25, 0.3) is 15.9 Å². The molecule has 0 fully saturated rings. The van der Waals surface area contributed by atoms with Crippen LogP contribution in [0, 0.1) is 13.8 Å². The number of nitrogens with zero attached hydrogens (tertiary/aromatic N) is 3.